The summed E-state index contributed by atoms with van der Waals surface area (Å²) in [5.41, 5.74) is 3.62. The molecule has 144 valence electrons. The molecule has 1 unspecified atom stereocenters. The summed E-state index contributed by atoms with van der Waals surface area (Å²) in [5.74, 6) is 0.903. The molecule has 1 amide bonds. The molecular formula is C22H29N3O2. The number of amides is 1. The molecule has 0 aliphatic carbocycles. The first-order valence-corrected chi connectivity index (χ1v) is 9.53. The molecule has 1 heterocycles. The Hall–Kier alpha value is -2.53. The van der Waals surface area contributed by atoms with Crippen LogP contribution in [0, 0.1) is 6.92 Å². The van der Waals surface area contributed by atoms with Crippen LogP contribution in [-0.4, -0.2) is 50.1 Å². The van der Waals surface area contributed by atoms with Crippen molar-refractivity contribution >= 4 is 11.6 Å². The number of hydrogen-bond donors (Lipinski definition) is 1. The lowest BCUT2D eigenvalue weighted by Crippen LogP contribution is -2.53. The van der Waals surface area contributed by atoms with Gasteiger partial charge >= 0.3 is 0 Å². The van der Waals surface area contributed by atoms with Crippen molar-refractivity contribution in [2.45, 2.75) is 26.4 Å². The highest BCUT2D eigenvalue weighted by Crippen LogP contribution is 2.18. The molecule has 1 saturated heterocycles. The van der Waals surface area contributed by atoms with E-state index in [0.29, 0.717) is 6.54 Å². The van der Waals surface area contributed by atoms with Crippen molar-refractivity contribution in [2.24, 2.45) is 0 Å². The number of benzene rings is 2. The van der Waals surface area contributed by atoms with Gasteiger partial charge in [0.2, 0.25) is 5.91 Å². The Morgan fingerprint density at radius 3 is 2.44 bits per heavy atom. The average molecular weight is 367 g/mol. The van der Waals surface area contributed by atoms with E-state index in [9.17, 15) is 4.79 Å². The second kappa shape index (κ2) is 8.91. The molecule has 1 aliphatic heterocycles. The minimum atomic E-state index is -0.122. The summed E-state index contributed by atoms with van der Waals surface area (Å²) < 4.78 is 5.16. The van der Waals surface area contributed by atoms with Gasteiger partial charge < -0.3 is 15.0 Å². The third-order valence-corrected chi connectivity index (χ3v) is 5.23. The molecular weight excluding hydrogens is 338 g/mol. The lowest BCUT2D eigenvalue weighted by atomic mass is 10.1. The lowest BCUT2D eigenvalue weighted by Gasteiger charge is -2.38. The van der Waals surface area contributed by atoms with Crippen LogP contribution in [0.3, 0.4) is 0 Å². The van der Waals surface area contributed by atoms with Crippen molar-refractivity contribution in [2.75, 3.05) is 38.2 Å². The van der Waals surface area contributed by atoms with E-state index in [1.54, 1.807) is 7.11 Å². The Morgan fingerprint density at radius 2 is 1.81 bits per heavy atom. The Morgan fingerprint density at radius 1 is 1.11 bits per heavy atom. The van der Waals surface area contributed by atoms with Crippen LogP contribution in [0.5, 0.6) is 5.75 Å². The van der Waals surface area contributed by atoms with Crippen LogP contribution in [0.2, 0.25) is 0 Å². The molecule has 1 fully saturated rings. The largest absolute Gasteiger partial charge is 0.497 e. The van der Waals surface area contributed by atoms with Gasteiger partial charge in [0.25, 0.3) is 0 Å². The fraction of sp³-hybridized carbons (Fsp3) is 0.409. The Kier molecular flexibility index (Phi) is 6.35. The fourth-order valence-corrected chi connectivity index (χ4v) is 3.44. The molecule has 0 saturated carbocycles. The minimum Gasteiger partial charge on any atom is -0.497 e. The zero-order valence-corrected chi connectivity index (χ0v) is 16.4. The molecule has 1 atom stereocenters. The minimum absolute atomic E-state index is 0.0785. The maximum Gasteiger partial charge on any atom is 0.237 e. The summed E-state index contributed by atoms with van der Waals surface area (Å²) >= 11 is 0. The molecule has 0 spiro atoms. The maximum atomic E-state index is 12.5. The molecule has 5 heteroatoms. The zero-order chi connectivity index (χ0) is 19.2. The van der Waals surface area contributed by atoms with Gasteiger partial charge in [-0.15, -0.1) is 0 Å². The van der Waals surface area contributed by atoms with E-state index in [4.69, 9.17) is 4.74 Å². The normalized spacial score (nSPS) is 16.0. The van der Waals surface area contributed by atoms with Crippen LogP contribution in [0.15, 0.2) is 48.5 Å². The van der Waals surface area contributed by atoms with Crippen LogP contribution in [0.25, 0.3) is 0 Å². The number of rotatable bonds is 6. The highest BCUT2D eigenvalue weighted by molar-refractivity contribution is 5.81. The first-order valence-electron chi connectivity index (χ1n) is 9.53. The van der Waals surface area contributed by atoms with Crippen molar-refractivity contribution < 1.29 is 9.53 Å². The van der Waals surface area contributed by atoms with Gasteiger partial charge in [0.15, 0.2) is 0 Å². The van der Waals surface area contributed by atoms with Crippen molar-refractivity contribution in [1.29, 1.82) is 0 Å². The SMILES string of the molecule is COc1ccc(CNC(=O)C(C)N2CCN(c3cccc(C)c3)CC2)cc1. The molecule has 2 aromatic carbocycles. The van der Waals surface area contributed by atoms with Gasteiger partial charge in [-0.1, -0.05) is 24.3 Å². The third-order valence-electron chi connectivity index (χ3n) is 5.23. The quantitative estimate of drug-likeness (QED) is 0.853. The second-order valence-corrected chi connectivity index (χ2v) is 7.10. The predicted octanol–water partition coefficient (Wildman–Crippen LogP) is 2.83. The number of carbonyl (C=O) groups is 1. The van der Waals surface area contributed by atoms with Gasteiger partial charge in [-0.2, -0.15) is 0 Å². The van der Waals surface area contributed by atoms with E-state index in [0.717, 1.165) is 37.5 Å². The van der Waals surface area contributed by atoms with Gasteiger partial charge in [-0.3, -0.25) is 9.69 Å². The molecule has 3 rings (SSSR count). The van der Waals surface area contributed by atoms with Gasteiger partial charge in [-0.25, -0.2) is 0 Å². The Balaban J connectivity index is 1.47. The van der Waals surface area contributed by atoms with Gasteiger partial charge in [0.05, 0.1) is 13.2 Å². The first kappa shape index (κ1) is 19.2. The highest BCUT2D eigenvalue weighted by Gasteiger charge is 2.25. The lowest BCUT2D eigenvalue weighted by molar-refractivity contribution is -0.126. The average Bonchev–Trinajstić information content (AvgIpc) is 2.72. The van der Waals surface area contributed by atoms with E-state index in [-0.39, 0.29) is 11.9 Å². The standard InChI is InChI=1S/C22H29N3O2/c1-17-5-4-6-20(15-17)25-13-11-24(12-14-25)18(2)22(26)23-16-19-7-9-21(27-3)10-8-19/h4-10,15,18H,11-14,16H2,1-3H3,(H,23,26). The summed E-state index contributed by atoms with van der Waals surface area (Å²) in [7, 11) is 1.65. The van der Waals surface area contributed by atoms with Gasteiger partial charge in [-0.05, 0) is 49.2 Å². The van der Waals surface area contributed by atoms with Crippen molar-refractivity contribution in [3.63, 3.8) is 0 Å². The van der Waals surface area contributed by atoms with Crippen LogP contribution in [0.4, 0.5) is 5.69 Å². The number of ether oxygens (including phenoxy) is 1. The number of nitrogens with zero attached hydrogens (tertiary/aromatic N) is 2. The van der Waals surface area contributed by atoms with E-state index >= 15 is 0 Å². The predicted molar refractivity (Wildman–Crippen MR) is 109 cm³/mol. The molecule has 0 radical (unpaired) electrons. The fourth-order valence-electron chi connectivity index (χ4n) is 3.44. The number of piperazine rings is 1. The van der Waals surface area contributed by atoms with E-state index in [2.05, 4.69) is 46.3 Å². The summed E-state index contributed by atoms with van der Waals surface area (Å²) in [4.78, 5) is 17.2. The second-order valence-electron chi connectivity index (χ2n) is 7.10. The number of nitrogens with one attached hydrogen (secondary N) is 1. The molecule has 2 aromatic rings. The maximum absolute atomic E-state index is 12.5. The summed E-state index contributed by atoms with van der Waals surface area (Å²) in [5, 5.41) is 3.05. The Labute approximate surface area is 161 Å². The van der Waals surface area contributed by atoms with Crippen LogP contribution in [-0.2, 0) is 11.3 Å². The molecule has 1 N–H and O–H groups in total. The van der Waals surface area contributed by atoms with Crippen molar-refractivity contribution in [1.82, 2.24) is 10.2 Å². The summed E-state index contributed by atoms with van der Waals surface area (Å²) in [6.07, 6.45) is 0. The summed E-state index contributed by atoms with van der Waals surface area (Å²) in [6, 6.07) is 16.3. The van der Waals surface area contributed by atoms with Crippen LogP contribution < -0.4 is 15.0 Å². The van der Waals surface area contributed by atoms with E-state index in [1.807, 2.05) is 31.2 Å². The molecule has 5 nitrogen and oxygen atoms in total. The van der Waals surface area contributed by atoms with Crippen molar-refractivity contribution in [3.8, 4) is 5.75 Å². The van der Waals surface area contributed by atoms with Crippen molar-refractivity contribution in [3.05, 3.63) is 59.7 Å². The van der Waals surface area contributed by atoms with E-state index < -0.39 is 0 Å². The first-order chi connectivity index (χ1) is 13.1. The number of hydrogen-bond acceptors (Lipinski definition) is 4. The van der Waals surface area contributed by atoms with Crippen LogP contribution >= 0.6 is 0 Å². The Bertz CT molecular complexity index is 752. The van der Waals surface area contributed by atoms with Gasteiger partial charge in [0, 0.05) is 38.4 Å². The molecule has 0 bridgehead atoms. The summed E-state index contributed by atoms with van der Waals surface area (Å²) in [6.45, 7) is 8.33. The van der Waals surface area contributed by atoms with Gasteiger partial charge in [0.1, 0.15) is 5.75 Å². The highest BCUT2D eigenvalue weighted by atomic mass is 16.5. The third kappa shape index (κ3) is 5.01. The van der Waals surface area contributed by atoms with Crippen LogP contribution in [0.1, 0.15) is 18.1 Å². The topological polar surface area (TPSA) is 44.8 Å². The zero-order valence-electron chi connectivity index (χ0n) is 16.4. The molecule has 0 aromatic heterocycles. The number of aryl methyl sites for hydroxylation is 1. The molecule has 1 aliphatic rings. The monoisotopic (exact) mass is 367 g/mol. The molecule has 27 heavy (non-hydrogen) atoms. The number of anilines is 1. The smallest absolute Gasteiger partial charge is 0.237 e. The number of carbonyl (C=O) groups excluding carboxylic acids is 1. The number of methoxy groups -OCH3 is 1. The van der Waals surface area contributed by atoms with E-state index in [1.165, 1.54) is 11.3 Å².